The molecule has 1 saturated carbocycles. The van der Waals surface area contributed by atoms with E-state index in [-0.39, 0.29) is 36.8 Å². The summed E-state index contributed by atoms with van der Waals surface area (Å²) >= 11 is 0. The predicted molar refractivity (Wildman–Crippen MR) is 185 cm³/mol. The molecule has 6 rings (SSSR count). The van der Waals surface area contributed by atoms with E-state index >= 15 is 0 Å². The molecule has 4 atom stereocenters. The minimum atomic E-state index is -0.987. The standard InChI is InChI=1S/C40H46N2O6/c1-25-19-27(20-26(2)38(25)45)21-28(34-15-9-10-18-41-34)16-17-35(44)36-29(24-48-31-13-7-4-8-14-31)22-32-37(33(36)23-43)40(47)42(39(32)46)30-11-5-3-6-12-30/h4,7-10,13-15,18-21,30,32-33,35,37,43-45H,3,5-6,11-12,16-17,22-24H2,1-2H3/b28-21-/t32-,33+,35-,37-/m1/s1. The molecule has 8 nitrogen and oxygen atoms in total. The molecule has 0 spiro atoms. The number of rotatable bonds is 11. The fraction of sp³-hybridized carbons (Fsp3) is 0.425. The van der Waals surface area contributed by atoms with Gasteiger partial charge in [-0.3, -0.25) is 19.5 Å². The molecular weight excluding hydrogens is 604 g/mol. The Hall–Kier alpha value is -4.27. The summed E-state index contributed by atoms with van der Waals surface area (Å²) in [5.74, 6) is -1.40. The summed E-state index contributed by atoms with van der Waals surface area (Å²) < 4.78 is 6.18. The predicted octanol–water partition coefficient (Wildman–Crippen LogP) is 6.41. The van der Waals surface area contributed by atoms with Crippen molar-refractivity contribution in [2.24, 2.45) is 17.8 Å². The number of pyridine rings is 1. The number of fused-ring (bicyclic) bond motifs is 1. The molecule has 2 fully saturated rings. The van der Waals surface area contributed by atoms with Gasteiger partial charge in [-0.25, -0.2) is 0 Å². The normalized spacial score (nSPS) is 22.6. The van der Waals surface area contributed by atoms with Crippen molar-refractivity contribution in [3.8, 4) is 11.5 Å². The maximum Gasteiger partial charge on any atom is 0.234 e. The molecule has 2 aliphatic carbocycles. The van der Waals surface area contributed by atoms with Gasteiger partial charge in [-0.05, 0) is 122 Å². The van der Waals surface area contributed by atoms with Crippen molar-refractivity contribution >= 4 is 23.5 Å². The van der Waals surface area contributed by atoms with E-state index in [1.54, 1.807) is 6.20 Å². The number of hydrogen-bond donors (Lipinski definition) is 3. The van der Waals surface area contributed by atoms with Crippen molar-refractivity contribution in [2.45, 2.75) is 77.4 Å². The number of aromatic hydroxyl groups is 1. The maximum atomic E-state index is 14.0. The zero-order valence-electron chi connectivity index (χ0n) is 27.8. The van der Waals surface area contributed by atoms with Crippen molar-refractivity contribution in [1.29, 1.82) is 0 Å². The number of ether oxygens (including phenoxy) is 1. The molecule has 0 radical (unpaired) electrons. The fourth-order valence-corrected chi connectivity index (χ4v) is 8.05. The topological polar surface area (TPSA) is 120 Å². The summed E-state index contributed by atoms with van der Waals surface area (Å²) in [6.07, 6.45) is 8.59. The Bertz CT molecular complexity index is 1660. The van der Waals surface area contributed by atoms with Crippen LogP contribution in [-0.2, 0) is 9.59 Å². The summed E-state index contributed by atoms with van der Waals surface area (Å²) in [6, 6.07) is 18.9. The lowest BCUT2D eigenvalue weighted by atomic mass is 9.68. The Kier molecular flexibility index (Phi) is 10.4. The molecule has 48 heavy (non-hydrogen) atoms. The molecule has 3 aliphatic rings. The van der Waals surface area contributed by atoms with E-state index < -0.39 is 23.9 Å². The highest BCUT2D eigenvalue weighted by atomic mass is 16.5. The number of carbonyl (C=O) groups is 2. The van der Waals surface area contributed by atoms with Crippen LogP contribution >= 0.6 is 0 Å². The summed E-state index contributed by atoms with van der Waals surface area (Å²) in [6.45, 7) is 3.53. The minimum absolute atomic E-state index is 0.0978. The molecule has 3 aromatic rings. The number of likely N-dealkylation sites (tertiary alicyclic amines) is 1. The highest BCUT2D eigenvalue weighted by molar-refractivity contribution is 6.06. The number of aliphatic hydroxyl groups excluding tert-OH is 2. The van der Waals surface area contributed by atoms with Gasteiger partial charge < -0.3 is 20.1 Å². The number of aryl methyl sites for hydroxylation is 2. The number of amides is 2. The number of aliphatic hydroxyl groups is 2. The van der Waals surface area contributed by atoms with Crippen molar-refractivity contribution in [3.05, 3.63) is 100 Å². The van der Waals surface area contributed by atoms with Gasteiger partial charge in [0.2, 0.25) is 11.8 Å². The third-order valence-electron chi connectivity index (χ3n) is 10.4. The lowest BCUT2D eigenvalue weighted by Crippen LogP contribution is -2.42. The van der Waals surface area contributed by atoms with E-state index in [4.69, 9.17) is 4.74 Å². The fourth-order valence-electron chi connectivity index (χ4n) is 8.05. The van der Waals surface area contributed by atoms with Crippen LogP contribution in [0, 0.1) is 31.6 Å². The zero-order valence-corrected chi connectivity index (χ0v) is 27.8. The number of imide groups is 1. The Labute approximate surface area is 282 Å². The SMILES string of the molecule is Cc1cc(/C=C(/CC[C@@H](O)C2=C(COc3ccccc3)C[C@H]3C(=O)N(C4CCCCC4)C(=O)[C@H]3[C@H]2CO)c2ccccn2)cc(C)c1O. The first-order chi connectivity index (χ1) is 23.3. The van der Waals surface area contributed by atoms with Gasteiger partial charge in [-0.15, -0.1) is 0 Å². The van der Waals surface area contributed by atoms with Gasteiger partial charge in [-0.2, -0.15) is 0 Å². The summed E-state index contributed by atoms with van der Waals surface area (Å²) in [7, 11) is 0. The van der Waals surface area contributed by atoms with Crippen LogP contribution in [0.5, 0.6) is 11.5 Å². The number of hydrogen-bond acceptors (Lipinski definition) is 7. The van der Waals surface area contributed by atoms with E-state index in [9.17, 15) is 24.9 Å². The van der Waals surface area contributed by atoms with Gasteiger partial charge in [0.25, 0.3) is 0 Å². The Balaban J connectivity index is 1.32. The van der Waals surface area contributed by atoms with Crippen molar-refractivity contribution < 1.29 is 29.6 Å². The number of nitrogens with zero attached hydrogens (tertiary/aromatic N) is 2. The Morgan fingerprint density at radius 1 is 1.00 bits per heavy atom. The number of benzene rings is 2. The first-order valence-corrected chi connectivity index (χ1v) is 17.2. The Morgan fingerprint density at radius 3 is 2.38 bits per heavy atom. The Morgan fingerprint density at radius 2 is 1.71 bits per heavy atom. The third kappa shape index (κ3) is 6.96. The van der Waals surface area contributed by atoms with Crippen molar-refractivity contribution in [1.82, 2.24) is 9.88 Å². The summed E-state index contributed by atoms with van der Waals surface area (Å²) in [4.78, 5) is 34.0. The molecule has 0 bridgehead atoms. The van der Waals surface area contributed by atoms with Crippen LogP contribution < -0.4 is 4.74 Å². The summed E-state index contributed by atoms with van der Waals surface area (Å²) in [5, 5.41) is 33.2. The van der Waals surface area contributed by atoms with Gasteiger partial charge in [0.1, 0.15) is 18.1 Å². The van der Waals surface area contributed by atoms with Crippen LogP contribution in [0.15, 0.2) is 78.0 Å². The highest BCUT2D eigenvalue weighted by Crippen LogP contribution is 2.48. The molecule has 2 heterocycles. The second kappa shape index (κ2) is 14.9. The van der Waals surface area contributed by atoms with Crippen LogP contribution in [-0.4, -0.2) is 62.4 Å². The molecule has 1 saturated heterocycles. The van der Waals surface area contributed by atoms with Crippen LogP contribution in [0.1, 0.15) is 73.8 Å². The first kappa shape index (κ1) is 33.6. The molecule has 8 heteroatoms. The molecular formula is C40H46N2O6. The van der Waals surface area contributed by atoms with Crippen molar-refractivity contribution in [2.75, 3.05) is 13.2 Å². The van der Waals surface area contributed by atoms with Gasteiger partial charge in [0, 0.05) is 18.2 Å². The molecule has 2 aromatic carbocycles. The zero-order chi connectivity index (χ0) is 33.8. The van der Waals surface area contributed by atoms with Crippen molar-refractivity contribution in [3.63, 3.8) is 0 Å². The van der Waals surface area contributed by atoms with Crippen LogP contribution in [0.4, 0.5) is 0 Å². The van der Waals surface area contributed by atoms with E-state index in [2.05, 4.69) is 4.98 Å². The highest BCUT2D eigenvalue weighted by Gasteiger charge is 2.56. The molecule has 1 aromatic heterocycles. The second-order valence-electron chi connectivity index (χ2n) is 13.6. The monoisotopic (exact) mass is 650 g/mol. The quantitative estimate of drug-likeness (QED) is 0.162. The van der Waals surface area contributed by atoms with E-state index in [0.29, 0.717) is 30.6 Å². The van der Waals surface area contributed by atoms with Crippen LogP contribution in [0.25, 0.3) is 11.6 Å². The molecule has 3 N–H and O–H groups in total. The second-order valence-corrected chi connectivity index (χ2v) is 13.6. The summed E-state index contributed by atoms with van der Waals surface area (Å²) in [5.41, 5.74) is 5.53. The van der Waals surface area contributed by atoms with Gasteiger partial charge >= 0.3 is 0 Å². The third-order valence-corrected chi connectivity index (χ3v) is 10.4. The molecule has 252 valence electrons. The van der Waals surface area contributed by atoms with E-state index in [1.807, 2.05) is 80.6 Å². The lowest BCUT2D eigenvalue weighted by molar-refractivity contribution is -0.143. The first-order valence-electron chi connectivity index (χ1n) is 17.2. The number of phenolic OH excluding ortho intramolecular Hbond substituents is 1. The minimum Gasteiger partial charge on any atom is -0.507 e. The number of aromatic nitrogens is 1. The van der Waals surface area contributed by atoms with Crippen LogP contribution in [0.2, 0.25) is 0 Å². The smallest absolute Gasteiger partial charge is 0.234 e. The lowest BCUT2D eigenvalue weighted by Gasteiger charge is -2.36. The van der Waals surface area contributed by atoms with Crippen LogP contribution in [0.3, 0.4) is 0 Å². The molecule has 0 unspecified atom stereocenters. The number of phenols is 1. The molecule has 1 aliphatic heterocycles. The van der Waals surface area contributed by atoms with Gasteiger partial charge in [-0.1, -0.05) is 43.5 Å². The van der Waals surface area contributed by atoms with Gasteiger partial charge in [0.05, 0.1) is 30.2 Å². The average molecular weight is 651 g/mol. The van der Waals surface area contributed by atoms with E-state index in [0.717, 1.165) is 65.6 Å². The molecule has 2 amide bonds. The maximum absolute atomic E-state index is 14.0. The average Bonchev–Trinajstić information content (AvgIpc) is 3.36. The number of para-hydroxylation sites is 1. The number of allylic oxidation sites excluding steroid dienone is 1. The van der Waals surface area contributed by atoms with Gasteiger partial charge in [0.15, 0.2) is 0 Å². The largest absolute Gasteiger partial charge is 0.507 e. The number of carbonyl (C=O) groups excluding carboxylic acids is 2. The van der Waals surface area contributed by atoms with E-state index in [1.165, 1.54) is 4.90 Å².